The lowest BCUT2D eigenvalue weighted by atomic mass is 10.1. The van der Waals surface area contributed by atoms with Gasteiger partial charge in [-0.2, -0.15) is 0 Å². The van der Waals surface area contributed by atoms with Crippen molar-refractivity contribution >= 4 is 22.4 Å². The van der Waals surface area contributed by atoms with Gasteiger partial charge in [0, 0.05) is 16.0 Å². The van der Waals surface area contributed by atoms with Crippen molar-refractivity contribution in [2.24, 2.45) is 0 Å². The Labute approximate surface area is 127 Å². The number of nitrogens with zero attached hydrogens (tertiary/aromatic N) is 1. The molecule has 21 heavy (non-hydrogen) atoms. The van der Waals surface area contributed by atoms with Crippen LogP contribution in [0, 0.1) is 12.7 Å². The van der Waals surface area contributed by atoms with Crippen molar-refractivity contribution < 1.29 is 9.18 Å². The first-order valence-electron chi connectivity index (χ1n) is 6.72. The minimum Gasteiger partial charge on any atom is -0.298 e. The lowest BCUT2D eigenvalue weighted by Gasteiger charge is -2.01. The molecule has 0 atom stereocenters. The maximum absolute atomic E-state index is 13.0. The van der Waals surface area contributed by atoms with Gasteiger partial charge in [0.25, 0.3) is 5.91 Å². The number of allylic oxidation sites excluding steroid dienone is 1. The number of hydrogen-bond donors (Lipinski definition) is 1. The van der Waals surface area contributed by atoms with Crippen LogP contribution in [0.25, 0.3) is 11.3 Å². The van der Waals surface area contributed by atoms with Gasteiger partial charge in [-0.3, -0.25) is 10.1 Å². The molecule has 2 rings (SSSR count). The quantitative estimate of drug-likeness (QED) is 0.842. The summed E-state index contributed by atoms with van der Waals surface area (Å²) < 4.78 is 13.0. The Bertz CT molecular complexity index is 674. The number of benzene rings is 1. The van der Waals surface area contributed by atoms with Crippen molar-refractivity contribution in [2.75, 3.05) is 5.32 Å². The number of hydrogen-bond acceptors (Lipinski definition) is 3. The minimum atomic E-state index is -0.277. The van der Waals surface area contributed by atoms with Crippen molar-refractivity contribution in [1.82, 2.24) is 4.98 Å². The van der Waals surface area contributed by atoms with E-state index >= 15 is 0 Å². The van der Waals surface area contributed by atoms with Crippen molar-refractivity contribution in [3.05, 3.63) is 46.6 Å². The van der Waals surface area contributed by atoms with Gasteiger partial charge in [0.15, 0.2) is 5.13 Å². The van der Waals surface area contributed by atoms with Gasteiger partial charge in [-0.25, -0.2) is 9.37 Å². The monoisotopic (exact) mass is 304 g/mol. The SMILES string of the molecule is CCC=C(C)C(=O)Nc1nc(-c2ccc(F)cc2)c(C)s1. The Morgan fingerprint density at radius 3 is 2.67 bits per heavy atom. The topological polar surface area (TPSA) is 42.0 Å². The minimum absolute atomic E-state index is 0.142. The third-order valence-electron chi connectivity index (χ3n) is 3.00. The van der Waals surface area contributed by atoms with E-state index in [4.69, 9.17) is 0 Å². The van der Waals surface area contributed by atoms with Gasteiger partial charge in [-0.05, 0) is 44.5 Å². The largest absolute Gasteiger partial charge is 0.298 e. The number of thiazole rings is 1. The van der Waals surface area contributed by atoms with Gasteiger partial charge in [0.05, 0.1) is 5.69 Å². The van der Waals surface area contributed by atoms with Gasteiger partial charge in [-0.1, -0.05) is 13.0 Å². The molecule has 3 nitrogen and oxygen atoms in total. The molecule has 0 saturated carbocycles. The molecule has 1 aromatic heterocycles. The van der Waals surface area contributed by atoms with Crippen LogP contribution in [0.4, 0.5) is 9.52 Å². The highest BCUT2D eigenvalue weighted by atomic mass is 32.1. The first kappa shape index (κ1) is 15.4. The van der Waals surface area contributed by atoms with Gasteiger partial charge in [-0.15, -0.1) is 11.3 Å². The number of anilines is 1. The van der Waals surface area contributed by atoms with E-state index in [-0.39, 0.29) is 11.7 Å². The summed E-state index contributed by atoms with van der Waals surface area (Å²) in [5.41, 5.74) is 2.28. The lowest BCUT2D eigenvalue weighted by molar-refractivity contribution is -0.112. The zero-order chi connectivity index (χ0) is 15.4. The molecule has 0 fully saturated rings. The second-order valence-corrected chi connectivity index (χ2v) is 5.88. The van der Waals surface area contributed by atoms with E-state index in [1.165, 1.54) is 23.5 Å². The van der Waals surface area contributed by atoms with Crippen molar-refractivity contribution in [3.63, 3.8) is 0 Å². The molecule has 1 heterocycles. The van der Waals surface area contributed by atoms with Crippen molar-refractivity contribution in [2.45, 2.75) is 27.2 Å². The first-order chi connectivity index (χ1) is 10.0. The lowest BCUT2D eigenvalue weighted by Crippen LogP contribution is -2.12. The molecule has 0 unspecified atom stereocenters. The second kappa shape index (κ2) is 6.63. The molecule has 0 aliphatic rings. The van der Waals surface area contributed by atoms with Crippen molar-refractivity contribution in [3.8, 4) is 11.3 Å². The highest BCUT2D eigenvalue weighted by Crippen LogP contribution is 2.30. The van der Waals surface area contributed by atoms with Crippen LogP contribution < -0.4 is 5.32 Å². The number of aromatic nitrogens is 1. The van der Waals surface area contributed by atoms with Gasteiger partial charge in [0.1, 0.15) is 5.82 Å². The van der Waals surface area contributed by atoms with E-state index in [0.29, 0.717) is 10.7 Å². The normalized spacial score (nSPS) is 11.5. The number of carbonyl (C=O) groups is 1. The van der Waals surface area contributed by atoms with Gasteiger partial charge in [0.2, 0.25) is 0 Å². The maximum Gasteiger partial charge on any atom is 0.252 e. The summed E-state index contributed by atoms with van der Waals surface area (Å²) in [5.74, 6) is -0.420. The van der Waals surface area contributed by atoms with E-state index in [1.807, 2.05) is 19.9 Å². The number of nitrogens with one attached hydrogen (secondary N) is 1. The number of halogens is 1. The Hall–Kier alpha value is -2.01. The van der Waals surface area contributed by atoms with Crippen LogP contribution in [0.1, 0.15) is 25.1 Å². The van der Waals surface area contributed by atoms with Crippen LogP contribution in [0.15, 0.2) is 35.9 Å². The predicted molar refractivity (Wildman–Crippen MR) is 84.9 cm³/mol. The highest BCUT2D eigenvalue weighted by molar-refractivity contribution is 7.16. The fraction of sp³-hybridized carbons (Fsp3) is 0.250. The molecule has 0 saturated heterocycles. The fourth-order valence-corrected chi connectivity index (χ4v) is 2.75. The van der Waals surface area contributed by atoms with Crippen LogP contribution in [0.5, 0.6) is 0 Å². The van der Waals surface area contributed by atoms with Crippen LogP contribution in [0.2, 0.25) is 0 Å². The van der Waals surface area contributed by atoms with E-state index < -0.39 is 0 Å². The second-order valence-electron chi connectivity index (χ2n) is 4.68. The predicted octanol–water partition coefficient (Wildman–Crippen LogP) is 4.55. The van der Waals surface area contributed by atoms with E-state index in [2.05, 4.69) is 10.3 Å². The zero-order valence-corrected chi connectivity index (χ0v) is 13.1. The van der Waals surface area contributed by atoms with Crippen LogP contribution in [-0.4, -0.2) is 10.9 Å². The summed E-state index contributed by atoms with van der Waals surface area (Å²) in [6, 6.07) is 6.18. The third-order valence-corrected chi connectivity index (χ3v) is 3.89. The zero-order valence-electron chi connectivity index (χ0n) is 12.2. The standard InChI is InChI=1S/C16H17FN2OS/c1-4-5-10(2)15(20)19-16-18-14(11(3)21-16)12-6-8-13(17)9-7-12/h5-9H,4H2,1-3H3,(H,18,19,20). The molecule has 2 aromatic rings. The summed E-state index contributed by atoms with van der Waals surface area (Å²) in [7, 11) is 0. The maximum atomic E-state index is 13.0. The Kier molecular flexibility index (Phi) is 4.85. The van der Waals surface area contributed by atoms with Gasteiger partial charge >= 0.3 is 0 Å². The average molecular weight is 304 g/mol. The molecule has 0 radical (unpaired) electrons. The molecule has 1 N–H and O–H groups in total. The molecule has 0 aliphatic carbocycles. The summed E-state index contributed by atoms with van der Waals surface area (Å²) >= 11 is 1.41. The van der Waals surface area contributed by atoms with Crippen LogP contribution >= 0.6 is 11.3 Å². The van der Waals surface area contributed by atoms with E-state index in [0.717, 1.165) is 22.6 Å². The van der Waals surface area contributed by atoms with Crippen molar-refractivity contribution in [1.29, 1.82) is 0 Å². The average Bonchev–Trinajstić information content (AvgIpc) is 2.80. The number of amides is 1. The van der Waals surface area contributed by atoms with E-state index in [9.17, 15) is 9.18 Å². The number of carbonyl (C=O) groups excluding carboxylic acids is 1. The third kappa shape index (κ3) is 3.76. The Balaban J connectivity index is 2.21. The van der Waals surface area contributed by atoms with Crippen LogP contribution in [-0.2, 0) is 4.79 Å². The molecular formula is C16H17FN2OS. The first-order valence-corrected chi connectivity index (χ1v) is 7.54. The molecule has 1 aromatic carbocycles. The van der Waals surface area contributed by atoms with Gasteiger partial charge < -0.3 is 0 Å². The Morgan fingerprint density at radius 1 is 1.38 bits per heavy atom. The summed E-state index contributed by atoms with van der Waals surface area (Å²) in [6.07, 6.45) is 2.69. The number of rotatable bonds is 4. The molecule has 0 aliphatic heterocycles. The molecule has 0 bridgehead atoms. The summed E-state index contributed by atoms with van der Waals surface area (Å²) in [4.78, 5) is 17.4. The highest BCUT2D eigenvalue weighted by Gasteiger charge is 2.12. The molecule has 1 amide bonds. The molecule has 5 heteroatoms. The molecule has 110 valence electrons. The Morgan fingerprint density at radius 2 is 2.05 bits per heavy atom. The fourth-order valence-electron chi connectivity index (χ4n) is 1.92. The van der Waals surface area contributed by atoms with E-state index in [1.54, 1.807) is 19.1 Å². The number of aryl methyl sites for hydroxylation is 1. The molecule has 0 spiro atoms. The van der Waals surface area contributed by atoms with Crippen LogP contribution in [0.3, 0.4) is 0 Å². The summed E-state index contributed by atoms with van der Waals surface area (Å²) in [5, 5.41) is 3.35. The summed E-state index contributed by atoms with van der Waals surface area (Å²) in [6.45, 7) is 5.69. The molecular weight excluding hydrogens is 287 g/mol. The smallest absolute Gasteiger partial charge is 0.252 e.